The maximum absolute atomic E-state index is 14.3. The van der Waals surface area contributed by atoms with E-state index >= 15 is 0 Å². The topological polar surface area (TPSA) is 63.6 Å². The van der Waals surface area contributed by atoms with Crippen molar-refractivity contribution in [3.05, 3.63) is 65.0 Å². The second kappa shape index (κ2) is 7.58. The molecule has 0 atom stereocenters. The average Bonchev–Trinajstić information content (AvgIpc) is 2.63. The van der Waals surface area contributed by atoms with Crippen LogP contribution in [0.4, 0.5) is 4.39 Å². The first kappa shape index (κ1) is 19.8. The second-order valence-corrected chi connectivity index (χ2v) is 7.56. The maximum atomic E-state index is 14.3. The number of carbonyl (C=O) groups is 2. The Hall–Kier alpha value is -2.95. The number of ether oxygens (including phenoxy) is 1. The molecule has 0 bridgehead atoms. The second-order valence-electron chi connectivity index (χ2n) is 7.56. The van der Waals surface area contributed by atoms with Crippen molar-refractivity contribution in [2.75, 3.05) is 6.61 Å². The minimum atomic E-state index is -1.07. The number of benzene rings is 2. The molecule has 0 amide bonds. The van der Waals surface area contributed by atoms with Gasteiger partial charge in [-0.1, -0.05) is 44.2 Å². The molecular formula is C23H23FO4. The molecule has 0 radical (unpaired) electrons. The lowest BCUT2D eigenvalue weighted by Crippen LogP contribution is -2.24. The summed E-state index contributed by atoms with van der Waals surface area (Å²) >= 11 is 0. The number of esters is 1. The van der Waals surface area contributed by atoms with Crippen LogP contribution >= 0.6 is 0 Å². The van der Waals surface area contributed by atoms with Crippen LogP contribution in [0.5, 0.6) is 0 Å². The summed E-state index contributed by atoms with van der Waals surface area (Å²) in [5, 5.41) is 8.87. The Morgan fingerprint density at radius 2 is 1.82 bits per heavy atom. The van der Waals surface area contributed by atoms with E-state index in [9.17, 15) is 14.0 Å². The fourth-order valence-corrected chi connectivity index (χ4v) is 3.53. The molecule has 0 saturated carbocycles. The van der Waals surface area contributed by atoms with Crippen molar-refractivity contribution in [1.82, 2.24) is 0 Å². The molecule has 146 valence electrons. The standard InChI is InChI=1S/C23H23FO4/c1-4-28-22(27)18-9-10-23(2,3)19-11-14(7-8-17(18)19)15-5-6-16(13-21(25)26)20(24)12-15/h5-9,11-12H,4,10,13H2,1-3H3,(H,25,26). The van der Waals surface area contributed by atoms with Crippen LogP contribution < -0.4 is 0 Å². The number of carbonyl (C=O) groups excluding carboxylic acids is 1. The quantitative estimate of drug-likeness (QED) is 0.758. The molecule has 1 N–H and O–H groups in total. The van der Waals surface area contributed by atoms with Crippen LogP contribution in [0.25, 0.3) is 16.7 Å². The van der Waals surface area contributed by atoms with Gasteiger partial charge in [0.2, 0.25) is 0 Å². The van der Waals surface area contributed by atoms with Gasteiger partial charge >= 0.3 is 11.9 Å². The summed E-state index contributed by atoms with van der Waals surface area (Å²) in [7, 11) is 0. The summed E-state index contributed by atoms with van der Waals surface area (Å²) in [4.78, 5) is 23.1. The summed E-state index contributed by atoms with van der Waals surface area (Å²) in [5.41, 5.74) is 3.86. The molecular weight excluding hydrogens is 359 g/mol. The van der Waals surface area contributed by atoms with Crippen LogP contribution in [0.2, 0.25) is 0 Å². The van der Waals surface area contributed by atoms with Crippen LogP contribution in [-0.4, -0.2) is 23.7 Å². The Bertz CT molecular complexity index is 973. The van der Waals surface area contributed by atoms with Crippen molar-refractivity contribution in [1.29, 1.82) is 0 Å². The molecule has 0 aromatic heterocycles. The van der Waals surface area contributed by atoms with Gasteiger partial charge in [-0.3, -0.25) is 4.79 Å². The van der Waals surface area contributed by atoms with E-state index in [1.165, 1.54) is 12.1 Å². The van der Waals surface area contributed by atoms with E-state index in [0.717, 1.165) is 16.7 Å². The van der Waals surface area contributed by atoms with Crippen molar-refractivity contribution in [3.8, 4) is 11.1 Å². The Kier molecular flexibility index (Phi) is 5.36. The van der Waals surface area contributed by atoms with Crippen molar-refractivity contribution in [2.24, 2.45) is 0 Å². The van der Waals surface area contributed by atoms with Crippen molar-refractivity contribution < 1.29 is 23.8 Å². The van der Waals surface area contributed by atoms with Gasteiger partial charge in [0, 0.05) is 0 Å². The van der Waals surface area contributed by atoms with Crippen molar-refractivity contribution >= 4 is 17.5 Å². The highest BCUT2D eigenvalue weighted by molar-refractivity contribution is 6.17. The molecule has 4 nitrogen and oxygen atoms in total. The van der Waals surface area contributed by atoms with Crippen LogP contribution in [0.15, 0.2) is 42.5 Å². The van der Waals surface area contributed by atoms with Gasteiger partial charge in [-0.25, -0.2) is 9.18 Å². The Morgan fingerprint density at radius 1 is 1.14 bits per heavy atom. The van der Waals surface area contributed by atoms with E-state index in [2.05, 4.69) is 13.8 Å². The first-order valence-electron chi connectivity index (χ1n) is 9.25. The molecule has 1 aliphatic carbocycles. The third-order valence-electron chi connectivity index (χ3n) is 5.08. The number of hydrogen-bond donors (Lipinski definition) is 1. The number of hydrogen-bond acceptors (Lipinski definition) is 3. The number of carboxylic acid groups (broad SMARTS) is 1. The first-order valence-corrected chi connectivity index (χ1v) is 9.25. The van der Waals surface area contributed by atoms with Gasteiger partial charge in [0.15, 0.2) is 0 Å². The number of rotatable bonds is 5. The molecule has 2 aromatic carbocycles. The number of halogens is 1. The lowest BCUT2D eigenvalue weighted by molar-refractivity contribution is -0.137. The van der Waals surface area contributed by atoms with Crippen molar-refractivity contribution in [2.45, 2.75) is 39.0 Å². The zero-order valence-electron chi connectivity index (χ0n) is 16.2. The van der Waals surface area contributed by atoms with Crippen LogP contribution in [0.3, 0.4) is 0 Å². The number of allylic oxidation sites excluding steroid dienone is 1. The Morgan fingerprint density at radius 3 is 2.46 bits per heavy atom. The number of carboxylic acids is 1. The molecule has 0 spiro atoms. The maximum Gasteiger partial charge on any atom is 0.338 e. The first-order chi connectivity index (χ1) is 13.2. The normalized spacial score (nSPS) is 14.8. The van der Waals surface area contributed by atoms with Gasteiger partial charge in [0.05, 0.1) is 18.6 Å². The van der Waals surface area contributed by atoms with E-state index in [1.54, 1.807) is 13.0 Å². The zero-order chi connectivity index (χ0) is 20.5. The van der Waals surface area contributed by atoms with Crippen LogP contribution in [0, 0.1) is 5.82 Å². The fourth-order valence-electron chi connectivity index (χ4n) is 3.53. The van der Waals surface area contributed by atoms with Gasteiger partial charge in [-0.2, -0.15) is 0 Å². The third-order valence-corrected chi connectivity index (χ3v) is 5.08. The molecule has 0 unspecified atom stereocenters. The summed E-state index contributed by atoms with van der Waals surface area (Å²) < 4.78 is 19.5. The van der Waals surface area contributed by atoms with E-state index in [1.807, 2.05) is 24.3 Å². The average molecular weight is 382 g/mol. The highest BCUT2D eigenvalue weighted by atomic mass is 19.1. The van der Waals surface area contributed by atoms with Gasteiger partial charge in [-0.05, 0) is 58.7 Å². The lowest BCUT2D eigenvalue weighted by Gasteiger charge is -2.32. The molecule has 0 heterocycles. The van der Waals surface area contributed by atoms with Gasteiger partial charge in [0.1, 0.15) is 5.82 Å². The zero-order valence-corrected chi connectivity index (χ0v) is 16.2. The Balaban J connectivity index is 2.03. The predicted molar refractivity (Wildman–Crippen MR) is 105 cm³/mol. The van der Waals surface area contributed by atoms with E-state index in [0.29, 0.717) is 24.2 Å². The van der Waals surface area contributed by atoms with Crippen molar-refractivity contribution in [3.63, 3.8) is 0 Å². The highest BCUT2D eigenvalue weighted by Gasteiger charge is 2.31. The van der Waals surface area contributed by atoms with Gasteiger partial charge in [0.25, 0.3) is 0 Å². The minimum Gasteiger partial charge on any atom is -0.481 e. The fraction of sp³-hybridized carbons (Fsp3) is 0.304. The molecule has 0 aliphatic heterocycles. The van der Waals surface area contributed by atoms with E-state index in [-0.39, 0.29) is 23.4 Å². The number of fused-ring (bicyclic) bond motifs is 1. The summed E-state index contributed by atoms with van der Waals surface area (Å²) in [6.45, 7) is 6.29. The van der Waals surface area contributed by atoms with Gasteiger partial charge in [-0.15, -0.1) is 0 Å². The lowest BCUT2D eigenvalue weighted by atomic mass is 9.72. The third kappa shape index (κ3) is 3.84. The molecule has 2 aromatic rings. The highest BCUT2D eigenvalue weighted by Crippen LogP contribution is 2.41. The monoisotopic (exact) mass is 382 g/mol. The smallest absolute Gasteiger partial charge is 0.338 e. The SMILES string of the molecule is CCOC(=O)C1=CCC(C)(C)c2cc(-c3ccc(CC(=O)O)c(F)c3)ccc21. The van der Waals surface area contributed by atoms with E-state index in [4.69, 9.17) is 9.84 Å². The van der Waals surface area contributed by atoms with Gasteiger partial charge < -0.3 is 9.84 Å². The molecule has 5 heteroatoms. The summed E-state index contributed by atoms with van der Waals surface area (Å²) in [6.07, 6.45) is 2.26. The summed E-state index contributed by atoms with van der Waals surface area (Å²) in [5.74, 6) is -1.94. The molecule has 0 fully saturated rings. The number of aliphatic carboxylic acids is 1. The summed E-state index contributed by atoms with van der Waals surface area (Å²) in [6, 6.07) is 10.3. The molecule has 28 heavy (non-hydrogen) atoms. The van der Waals surface area contributed by atoms with E-state index < -0.39 is 11.8 Å². The van der Waals surface area contributed by atoms with Crippen LogP contribution in [0.1, 0.15) is 43.9 Å². The molecule has 1 aliphatic rings. The largest absolute Gasteiger partial charge is 0.481 e. The molecule has 3 rings (SSSR count). The van der Waals surface area contributed by atoms with Crippen LogP contribution in [-0.2, 0) is 26.2 Å². The molecule has 0 saturated heterocycles. The minimum absolute atomic E-state index is 0.155. The Labute approximate surface area is 163 Å². The predicted octanol–water partition coefficient (Wildman–Crippen LogP) is 4.75.